The Morgan fingerprint density at radius 3 is 2.27 bits per heavy atom. The van der Waals surface area contributed by atoms with Gasteiger partial charge in [-0.1, -0.05) is 24.3 Å². The number of benzene rings is 1. The van der Waals surface area contributed by atoms with Gasteiger partial charge in [0, 0.05) is 13.0 Å². The fourth-order valence-corrected chi connectivity index (χ4v) is 1.46. The molecule has 1 aromatic rings. The summed E-state index contributed by atoms with van der Waals surface area (Å²) in [4.78, 5) is 10.3. The summed E-state index contributed by atoms with van der Waals surface area (Å²) in [6.07, 6.45) is 0.705. The fraction of sp³-hybridized carbons (Fsp3) is 0.417. The zero-order valence-corrected chi connectivity index (χ0v) is 9.19. The first kappa shape index (κ1) is 11.7. The van der Waals surface area contributed by atoms with E-state index in [9.17, 15) is 4.79 Å². The molecule has 3 nitrogen and oxygen atoms in total. The van der Waals surface area contributed by atoms with Crippen LogP contribution >= 0.6 is 0 Å². The van der Waals surface area contributed by atoms with Gasteiger partial charge in [0.05, 0.1) is 0 Å². The van der Waals surface area contributed by atoms with Crippen LogP contribution in [0.2, 0.25) is 0 Å². The molecule has 1 rings (SSSR count). The van der Waals surface area contributed by atoms with Crippen molar-refractivity contribution in [3.8, 4) is 0 Å². The number of carbonyl (C=O) groups is 1. The number of hydrogen-bond donors (Lipinski definition) is 1. The monoisotopic (exact) mass is 207 g/mol. The summed E-state index contributed by atoms with van der Waals surface area (Å²) in [6, 6.07) is 8.01. The minimum Gasteiger partial charge on any atom is -0.462 e. The van der Waals surface area contributed by atoms with E-state index < -0.39 is 5.60 Å². The van der Waals surface area contributed by atoms with E-state index in [0.717, 1.165) is 11.1 Å². The Kier molecular flexibility index (Phi) is 3.86. The molecule has 0 saturated heterocycles. The van der Waals surface area contributed by atoms with Gasteiger partial charge >= 0.3 is 0 Å². The first-order chi connectivity index (χ1) is 7.07. The Hall–Kier alpha value is -1.35. The third-order valence-corrected chi connectivity index (χ3v) is 2.26. The molecule has 0 fully saturated rings. The minimum atomic E-state index is -0.452. The number of nitrogens with two attached hydrogens (primary N) is 1. The van der Waals surface area contributed by atoms with Gasteiger partial charge < -0.3 is 10.5 Å². The van der Waals surface area contributed by atoms with Gasteiger partial charge in [-0.15, -0.1) is 0 Å². The minimum absolute atomic E-state index is 0.452. The molecule has 2 N–H and O–H groups in total. The fourth-order valence-electron chi connectivity index (χ4n) is 1.46. The van der Waals surface area contributed by atoms with E-state index in [1.165, 1.54) is 0 Å². The van der Waals surface area contributed by atoms with E-state index >= 15 is 0 Å². The van der Waals surface area contributed by atoms with Crippen LogP contribution in [0.4, 0.5) is 0 Å². The van der Waals surface area contributed by atoms with Crippen LogP contribution in [-0.4, -0.2) is 12.1 Å². The number of carbonyl (C=O) groups excluding carboxylic acids is 1. The standard InChI is InChI=1S/C12H17NO2/c1-12(2,15-9-14)7-10-3-5-11(8-13)6-4-10/h3-6,9H,7-8,13H2,1-2H3. The maximum absolute atomic E-state index is 10.3. The van der Waals surface area contributed by atoms with Crippen LogP contribution in [0.25, 0.3) is 0 Å². The molecule has 0 radical (unpaired) electrons. The molecular formula is C12H17NO2. The number of hydrogen-bond acceptors (Lipinski definition) is 3. The van der Waals surface area contributed by atoms with Crippen molar-refractivity contribution in [1.29, 1.82) is 0 Å². The normalized spacial score (nSPS) is 11.1. The van der Waals surface area contributed by atoms with E-state index in [-0.39, 0.29) is 0 Å². The zero-order valence-electron chi connectivity index (χ0n) is 9.19. The van der Waals surface area contributed by atoms with Crippen LogP contribution in [-0.2, 0) is 22.5 Å². The van der Waals surface area contributed by atoms with E-state index in [0.29, 0.717) is 19.4 Å². The lowest BCUT2D eigenvalue weighted by Crippen LogP contribution is -2.26. The largest absolute Gasteiger partial charge is 0.462 e. The molecular weight excluding hydrogens is 190 g/mol. The average Bonchev–Trinajstić information content (AvgIpc) is 2.18. The third kappa shape index (κ3) is 3.72. The summed E-state index contributed by atoms with van der Waals surface area (Å²) in [5.74, 6) is 0. The summed E-state index contributed by atoms with van der Waals surface area (Å²) in [5.41, 5.74) is 7.29. The highest BCUT2D eigenvalue weighted by Gasteiger charge is 2.18. The maximum Gasteiger partial charge on any atom is 0.293 e. The predicted octanol–water partition coefficient (Wildman–Crippen LogP) is 1.64. The summed E-state index contributed by atoms with van der Waals surface area (Å²) in [7, 11) is 0. The Bertz CT molecular complexity index is 317. The molecule has 3 heteroatoms. The van der Waals surface area contributed by atoms with Crippen LogP contribution in [0.3, 0.4) is 0 Å². The zero-order chi connectivity index (χ0) is 11.3. The van der Waals surface area contributed by atoms with E-state index in [2.05, 4.69) is 0 Å². The summed E-state index contributed by atoms with van der Waals surface area (Å²) in [6.45, 7) is 4.82. The van der Waals surface area contributed by atoms with Crippen LogP contribution in [0.1, 0.15) is 25.0 Å². The van der Waals surface area contributed by atoms with Gasteiger partial charge in [-0.05, 0) is 25.0 Å². The molecule has 0 amide bonds. The van der Waals surface area contributed by atoms with Crippen molar-refractivity contribution in [2.24, 2.45) is 5.73 Å². The summed E-state index contributed by atoms with van der Waals surface area (Å²) < 4.78 is 4.98. The third-order valence-electron chi connectivity index (χ3n) is 2.26. The van der Waals surface area contributed by atoms with Gasteiger partial charge in [-0.3, -0.25) is 4.79 Å². The molecule has 0 unspecified atom stereocenters. The van der Waals surface area contributed by atoms with E-state index in [1.54, 1.807) is 0 Å². The van der Waals surface area contributed by atoms with Crippen LogP contribution < -0.4 is 5.73 Å². The molecule has 0 saturated carbocycles. The second-order valence-electron chi connectivity index (χ2n) is 4.17. The second-order valence-corrected chi connectivity index (χ2v) is 4.17. The van der Waals surface area contributed by atoms with E-state index in [4.69, 9.17) is 10.5 Å². The van der Waals surface area contributed by atoms with Gasteiger partial charge in [0.2, 0.25) is 0 Å². The maximum atomic E-state index is 10.3. The predicted molar refractivity (Wildman–Crippen MR) is 59.3 cm³/mol. The Morgan fingerprint density at radius 2 is 1.80 bits per heavy atom. The molecule has 0 spiro atoms. The lowest BCUT2D eigenvalue weighted by Gasteiger charge is -2.22. The molecule has 0 aliphatic heterocycles. The highest BCUT2D eigenvalue weighted by molar-refractivity contribution is 5.38. The van der Waals surface area contributed by atoms with Crippen molar-refractivity contribution in [2.45, 2.75) is 32.4 Å². The number of ether oxygens (including phenoxy) is 1. The van der Waals surface area contributed by atoms with E-state index in [1.807, 2.05) is 38.1 Å². The summed E-state index contributed by atoms with van der Waals surface area (Å²) in [5, 5.41) is 0. The van der Waals surface area contributed by atoms with Gasteiger partial charge in [0.25, 0.3) is 6.47 Å². The van der Waals surface area contributed by atoms with Gasteiger partial charge in [0.15, 0.2) is 0 Å². The first-order valence-electron chi connectivity index (χ1n) is 4.97. The first-order valence-corrected chi connectivity index (χ1v) is 4.97. The number of rotatable bonds is 5. The topological polar surface area (TPSA) is 52.3 Å². The molecule has 0 bridgehead atoms. The lowest BCUT2D eigenvalue weighted by atomic mass is 9.97. The van der Waals surface area contributed by atoms with Crippen molar-refractivity contribution >= 4 is 6.47 Å². The highest BCUT2D eigenvalue weighted by atomic mass is 16.5. The molecule has 0 aliphatic carbocycles. The Morgan fingerprint density at radius 1 is 1.27 bits per heavy atom. The molecule has 82 valence electrons. The van der Waals surface area contributed by atoms with Crippen molar-refractivity contribution in [3.63, 3.8) is 0 Å². The highest BCUT2D eigenvalue weighted by Crippen LogP contribution is 2.16. The van der Waals surface area contributed by atoms with Crippen LogP contribution in [0.15, 0.2) is 24.3 Å². The molecule has 15 heavy (non-hydrogen) atoms. The summed E-state index contributed by atoms with van der Waals surface area (Å²) >= 11 is 0. The van der Waals surface area contributed by atoms with Crippen molar-refractivity contribution in [2.75, 3.05) is 0 Å². The Balaban J connectivity index is 2.68. The Labute approximate surface area is 90.2 Å². The molecule has 0 aliphatic rings. The molecule has 0 aromatic heterocycles. The second kappa shape index (κ2) is 4.94. The van der Waals surface area contributed by atoms with Gasteiger partial charge in [-0.2, -0.15) is 0 Å². The average molecular weight is 207 g/mol. The molecule has 0 atom stereocenters. The molecule has 0 heterocycles. The van der Waals surface area contributed by atoms with Gasteiger partial charge in [-0.25, -0.2) is 0 Å². The van der Waals surface area contributed by atoms with Crippen molar-refractivity contribution < 1.29 is 9.53 Å². The van der Waals surface area contributed by atoms with Crippen LogP contribution in [0.5, 0.6) is 0 Å². The SMILES string of the molecule is CC(C)(Cc1ccc(CN)cc1)OC=O. The molecule has 1 aromatic carbocycles. The smallest absolute Gasteiger partial charge is 0.293 e. The van der Waals surface area contributed by atoms with Crippen molar-refractivity contribution in [3.05, 3.63) is 35.4 Å². The lowest BCUT2D eigenvalue weighted by molar-refractivity contribution is -0.140. The van der Waals surface area contributed by atoms with Crippen molar-refractivity contribution in [1.82, 2.24) is 0 Å². The quantitative estimate of drug-likeness (QED) is 0.747. The van der Waals surface area contributed by atoms with Crippen LogP contribution in [0, 0.1) is 0 Å². The van der Waals surface area contributed by atoms with Gasteiger partial charge in [0.1, 0.15) is 5.60 Å².